The van der Waals surface area contributed by atoms with Gasteiger partial charge in [-0.1, -0.05) is 23.7 Å². The molecule has 0 N–H and O–H groups in total. The lowest BCUT2D eigenvalue weighted by molar-refractivity contribution is -0.137. The molecule has 4 rings (SSSR count). The maximum absolute atomic E-state index is 13.0. The summed E-state index contributed by atoms with van der Waals surface area (Å²) in [6, 6.07) is 13.6. The van der Waals surface area contributed by atoms with Crippen LogP contribution in [0.1, 0.15) is 5.56 Å². The molecule has 0 spiro atoms. The predicted octanol–water partition coefficient (Wildman–Crippen LogP) is 3.25. The number of ether oxygens (including phenoxy) is 2. The van der Waals surface area contributed by atoms with Crippen molar-refractivity contribution in [2.24, 2.45) is 5.92 Å². The summed E-state index contributed by atoms with van der Waals surface area (Å²) in [7, 11) is 1.69. The van der Waals surface area contributed by atoms with Gasteiger partial charge in [-0.25, -0.2) is 0 Å². The minimum absolute atomic E-state index is 0.145. The molecule has 0 saturated carbocycles. The molecule has 1 amide bonds. The van der Waals surface area contributed by atoms with E-state index in [0.29, 0.717) is 31.1 Å². The predicted molar refractivity (Wildman–Crippen MR) is 106 cm³/mol. The van der Waals surface area contributed by atoms with E-state index in [4.69, 9.17) is 21.1 Å². The molecule has 2 aromatic carbocycles. The van der Waals surface area contributed by atoms with Crippen LogP contribution in [0.15, 0.2) is 42.5 Å². The van der Waals surface area contributed by atoms with Crippen molar-refractivity contribution in [2.75, 3.05) is 44.8 Å². The molecule has 0 radical (unpaired) electrons. The summed E-state index contributed by atoms with van der Waals surface area (Å²) in [6.45, 7) is 3.43. The first kappa shape index (κ1) is 18.0. The summed E-state index contributed by atoms with van der Waals surface area (Å²) in [5, 5.41) is 0.677. The van der Waals surface area contributed by atoms with Gasteiger partial charge in [0, 0.05) is 31.2 Å². The van der Waals surface area contributed by atoms with Crippen LogP contribution < -0.4 is 14.4 Å². The van der Waals surface area contributed by atoms with Crippen LogP contribution in [-0.4, -0.2) is 50.7 Å². The molecule has 2 aromatic rings. The smallest absolute Gasteiger partial charge is 0.229 e. The Morgan fingerprint density at radius 3 is 2.70 bits per heavy atom. The lowest BCUT2D eigenvalue weighted by atomic mass is 9.95. The average molecular weight is 387 g/mol. The number of hydrogen-bond donors (Lipinski definition) is 0. The maximum Gasteiger partial charge on any atom is 0.229 e. The Balaban J connectivity index is 1.39. The lowest BCUT2D eigenvalue weighted by Crippen LogP contribution is -2.51. The number of hydrogen-bond acceptors (Lipinski definition) is 4. The first-order valence-electron chi connectivity index (χ1n) is 9.23. The van der Waals surface area contributed by atoms with Gasteiger partial charge in [0.25, 0.3) is 0 Å². The quantitative estimate of drug-likeness (QED) is 0.812. The van der Waals surface area contributed by atoms with Crippen molar-refractivity contribution in [1.82, 2.24) is 4.90 Å². The van der Waals surface area contributed by atoms with Crippen molar-refractivity contribution in [3.05, 3.63) is 53.1 Å². The molecule has 6 heteroatoms. The summed E-state index contributed by atoms with van der Waals surface area (Å²) in [5.41, 5.74) is 2.09. The number of rotatable bonds is 3. The van der Waals surface area contributed by atoms with Gasteiger partial charge in [0.15, 0.2) is 0 Å². The summed E-state index contributed by atoms with van der Waals surface area (Å²) in [6.07, 6.45) is 0.682. The fraction of sp³-hybridized carbons (Fsp3) is 0.381. The van der Waals surface area contributed by atoms with Gasteiger partial charge >= 0.3 is 0 Å². The Hall–Kier alpha value is -2.40. The first-order valence-corrected chi connectivity index (χ1v) is 9.61. The van der Waals surface area contributed by atoms with Crippen molar-refractivity contribution in [1.29, 1.82) is 0 Å². The number of piperazine rings is 1. The number of carbonyl (C=O) groups excluding carboxylic acids is 1. The zero-order valence-electron chi connectivity index (χ0n) is 15.4. The fourth-order valence-electron chi connectivity index (χ4n) is 3.84. The van der Waals surface area contributed by atoms with E-state index in [0.717, 1.165) is 35.8 Å². The number of para-hydroxylation sites is 2. The van der Waals surface area contributed by atoms with E-state index in [1.807, 2.05) is 41.3 Å². The normalized spacial score (nSPS) is 19.3. The molecule has 0 bridgehead atoms. The van der Waals surface area contributed by atoms with Crippen molar-refractivity contribution < 1.29 is 14.3 Å². The monoisotopic (exact) mass is 386 g/mol. The number of methoxy groups -OCH3 is 1. The third kappa shape index (κ3) is 3.69. The third-order valence-electron chi connectivity index (χ3n) is 5.30. The van der Waals surface area contributed by atoms with Gasteiger partial charge in [-0.15, -0.1) is 0 Å². The van der Waals surface area contributed by atoms with E-state index in [1.54, 1.807) is 7.11 Å². The van der Waals surface area contributed by atoms with Gasteiger partial charge in [-0.3, -0.25) is 4.79 Å². The molecule has 1 fully saturated rings. The van der Waals surface area contributed by atoms with Crippen LogP contribution in [0.25, 0.3) is 0 Å². The molecule has 2 heterocycles. The molecule has 1 saturated heterocycles. The van der Waals surface area contributed by atoms with Crippen LogP contribution in [0.4, 0.5) is 5.69 Å². The van der Waals surface area contributed by atoms with Gasteiger partial charge in [-0.2, -0.15) is 0 Å². The molecule has 1 atom stereocenters. The molecule has 142 valence electrons. The highest BCUT2D eigenvalue weighted by Gasteiger charge is 2.31. The summed E-state index contributed by atoms with van der Waals surface area (Å²) >= 11 is 6.08. The van der Waals surface area contributed by atoms with E-state index in [1.165, 1.54) is 0 Å². The van der Waals surface area contributed by atoms with E-state index in [9.17, 15) is 4.79 Å². The topological polar surface area (TPSA) is 42.0 Å². The van der Waals surface area contributed by atoms with Crippen LogP contribution in [0.3, 0.4) is 0 Å². The minimum Gasteiger partial charge on any atom is -0.495 e. The second-order valence-corrected chi connectivity index (χ2v) is 7.38. The second-order valence-electron chi connectivity index (χ2n) is 6.95. The standard InChI is InChI=1S/C21H23ClN2O3/c1-26-20-5-3-2-4-18(20)23-8-10-24(11-9-23)21(25)16-12-15-13-17(22)6-7-19(15)27-14-16/h2-7,13,16H,8-12,14H2,1H3/t16-/m0/s1. The maximum atomic E-state index is 13.0. The van der Waals surface area contributed by atoms with Gasteiger partial charge in [0.05, 0.1) is 18.7 Å². The molecule has 5 nitrogen and oxygen atoms in total. The Labute approximate surface area is 164 Å². The van der Waals surface area contributed by atoms with Crippen LogP contribution in [0.5, 0.6) is 11.5 Å². The fourth-order valence-corrected chi connectivity index (χ4v) is 4.03. The Kier molecular flexibility index (Phi) is 5.12. The number of anilines is 1. The zero-order chi connectivity index (χ0) is 18.8. The van der Waals surface area contributed by atoms with Crippen LogP contribution >= 0.6 is 11.6 Å². The van der Waals surface area contributed by atoms with E-state index in [-0.39, 0.29) is 11.8 Å². The molecular formula is C21H23ClN2O3. The van der Waals surface area contributed by atoms with Crippen molar-refractivity contribution in [2.45, 2.75) is 6.42 Å². The Morgan fingerprint density at radius 2 is 1.93 bits per heavy atom. The van der Waals surface area contributed by atoms with Crippen molar-refractivity contribution in [3.8, 4) is 11.5 Å². The molecule has 0 aliphatic carbocycles. The van der Waals surface area contributed by atoms with Gasteiger partial charge < -0.3 is 19.3 Å². The average Bonchev–Trinajstić information content (AvgIpc) is 2.72. The summed E-state index contributed by atoms with van der Waals surface area (Å²) in [4.78, 5) is 17.2. The van der Waals surface area contributed by atoms with Crippen LogP contribution in [0.2, 0.25) is 5.02 Å². The largest absolute Gasteiger partial charge is 0.495 e. The highest BCUT2D eigenvalue weighted by molar-refractivity contribution is 6.30. The van der Waals surface area contributed by atoms with Crippen LogP contribution in [-0.2, 0) is 11.2 Å². The second kappa shape index (κ2) is 7.69. The summed E-state index contributed by atoms with van der Waals surface area (Å²) in [5.74, 6) is 1.73. The number of amides is 1. The summed E-state index contributed by atoms with van der Waals surface area (Å²) < 4.78 is 11.3. The minimum atomic E-state index is -0.145. The zero-order valence-corrected chi connectivity index (χ0v) is 16.1. The molecular weight excluding hydrogens is 364 g/mol. The number of carbonyl (C=O) groups is 1. The molecule has 2 aliphatic rings. The van der Waals surface area contributed by atoms with E-state index >= 15 is 0 Å². The Morgan fingerprint density at radius 1 is 1.15 bits per heavy atom. The van der Waals surface area contributed by atoms with Gasteiger partial charge in [-0.05, 0) is 42.3 Å². The van der Waals surface area contributed by atoms with E-state index < -0.39 is 0 Å². The van der Waals surface area contributed by atoms with Gasteiger partial charge in [0.1, 0.15) is 18.1 Å². The number of halogens is 1. The van der Waals surface area contributed by atoms with Crippen LogP contribution in [0, 0.1) is 5.92 Å². The molecule has 0 unspecified atom stereocenters. The third-order valence-corrected chi connectivity index (χ3v) is 5.53. The molecule has 0 aromatic heterocycles. The lowest BCUT2D eigenvalue weighted by Gasteiger charge is -2.38. The van der Waals surface area contributed by atoms with Gasteiger partial charge in [0.2, 0.25) is 5.91 Å². The highest BCUT2D eigenvalue weighted by Crippen LogP contribution is 2.31. The first-order chi connectivity index (χ1) is 13.2. The van der Waals surface area contributed by atoms with E-state index in [2.05, 4.69) is 11.0 Å². The SMILES string of the molecule is COc1ccccc1N1CCN(C(=O)[C@@H]2COc3ccc(Cl)cc3C2)CC1. The Bertz CT molecular complexity index is 834. The highest BCUT2D eigenvalue weighted by atomic mass is 35.5. The molecule has 2 aliphatic heterocycles. The number of benzene rings is 2. The number of nitrogens with zero attached hydrogens (tertiary/aromatic N) is 2. The number of fused-ring (bicyclic) bond motifs is 1. The van der Waals surface area contributed by atoms with Crippen molar-refractivity contribution in [3.63, 3.8) is 0 Å². The van der Waals surface area contributed by atoms with Crippen molar-refractivity contribution >= 4 is 23.2 Å². The molecule has 27 heavy (non-hydrogen) atoms.